The number of nitrogens with one attached hydrogen (secondary N) is 2. The average molecular weight is 261 g/mol. The minimum absolute atomic E-state index is 0.0302. The first-order chi connectivity index (χ1) is 9.08. The minimum atomic E-state index is -0.0806. The van der Waals surface area contributed by atoms with Crippen LogP contribution in [0.4, 0.5) is 5.69 Å². The maximum Gasteiger partial charge on any atom is 0.253 e. The number of amides is 2. The molecule has 1 aliphatic carbocycles. The Labute approximate surface area is 113 Å². The van der Waals surface area contributed by atoms with Gasteiger partial charge in [-0.25, -0.2) is 0 Å². The van der Waals surface area contributed by atoms with Crippen LogP contribution >= 0.6 is 0 Å². The van der Waals surface area contributed by atoms with Crippen molar-refractivity contribution >= 4 is 17.5 Å². The van der Waals surface area contributed by atoms with Gasteiger partial charge in [-0.05, 0) is 25.0 Å². The van der Waals surface area contributed by atoms with Crippen LogP contribution in [0.3, 0.4) is 0 Å². The molecule has 1 saturated carbocycles. The highest BCUT2D eigenvalue weighted by molar-refractivity contribution is 6.00. The zero-order valence-corrected chi connectivity index (χ0v) is 11.3. The number of anilines is 1. The van der Waals surface area contributed by atoms with Gasteiger partial charge in [-0.2, -0.15) is 0 Å². The summed E-state index contributed by atoms with van der Waals surface area (Å²) in [6.45, 7) is 0.181. The average Bonchev–Trinajstić information content (AvgIpc) is 3.20. The second-order valence-corrected chi connectivity index (χ2v) is 4.94. The molecule has 0 bridgehead atoms. The molecule has 102 valence electrons. The van der Waals surface area contributed by atoms with E-state index in [4.69, 9.17) is 0 Å². The molecule has 2 N–H and O–H groups in total. The molecule has 0 radical (unpaired) electrons. The zero-order chi connectivity index (χ0) is 13.8. The Hall–Kier alpha value is -2.04. The summed E-state index contributed by atoms with van der Waals surface area (Å²) in [7, 11) is 3.41. The van der Waals surface area contributed by atoms with Gasteiger partial charge in [0, 0.05) is 25.8 Å². The van der Waals surface area contributed by atoms with Crippen LogP contribution in [-0.2, 0) is 4.79 Å². The van der Waals surface area contributed by atoms with E-state index in [1.165, 1.54) is 4.90 Å². The van der Waals surface area contributed by atoms with E-state index in [-0.39, 0.29) is 18.4 Å². The Morgan fingerprint density at radius 3 is 2.58 bits per heavy atom. The van der Waals surface area contributed by atoms with Crippen molar-refractivity contribution in [3.63, 3.8) is 0 Å². The molecule has 0 aliphatic heterocycles. The van der Waals surface area contributed by atoms with Crippen LogP contribution < -0.4 is 10.6 Å². The fourth-order valence-electron chi connectivity index (χ4n) is 1.66. The van der Waals surface area contributed by atoms with Crippen molar-refractivity contribution in [1.82, 2.24) is 10.2 Å². The van der Waals surface area contributed by atoms with Crippen LogP contribution in [0.25, 0.3) is 0 Å². The smallest absolute Gasteiger partial charge is 0.253 e. The molecule has 5 nitrogen and oxygen atoms in total. The van der Waals surface area contributed by atoms with Gasteiger partial charge in [-0.1, -0.05) is 12.1 Å². The summed E-state index contributed by atoms with van der Waals surface area (Å²) in [5.41, 5.74) is 1.27. The molecule has 2 rings (SSSR count). The van der Waals surface area contributed by atoms with E-state index in [0.29, 0.717) is 17.3 Å². The maximum absolute atomic E-state index is 12.0. The quantitative estimate of drug-likeness (QED) is 0.833. The summed E-state index contributed by atoms with van der Waals surface area (Å²) in [6, 6.07) is 7.56. The van der Waals surface area contributed by atoms with Crippen molar-refractivity contribution in [3.05, 3.63) is 29.8 Å². The first-order valence-corrected chi connectivity index (χ1v) is 6.42. The Morgan fingerprint density at radius 2 is 1.95 bits per heavy atom. The van der Waals surface area contributed by atoms with Crippen LogP contribution in [0, 0.1) is 0 Å². The minimum Gasteiger partial charge on any atom is -0.376 e. The lowest BCUT2D eigenvalue weighted by atomic mass is 10.1. The van der Waals surface area contributed by atoms with Crippen LogP contribution in [-0.4, -0.2) is 43.4 Å². The van der Waals surface area contributed by atoms with E-state index >= 15 is 0 Å². The van der Waals surface area contributed by atoms with E-state index in [0.717, 1.165) is 12.8 Å². The lowest BCUT2D eigenvalue weighted by Crippen LogP contribution is -2.30. The number of para-hydroxylation sites is 1. The number of benzene rings is 1. The van der Waals surface area contributed by atoms with Gasteiger partial charge < -0.3 is 15.5 Å². The third-order valence-electron chi connectivity index (χ3n) is 3.01. The third kappa shape index (κ3) is 3.71. The van der Waals surface area contributed by atoms with E-state index in [9.17, 15) is 9.59 Å². The van der Waals surface area contributed by atoms with E-state index < -0.39 is 0 Å². The molecule has 1 aromatic rings. The van der Waals surface area contributed by atoms with Gasteiger partial charge in [0.05, 0.1) is 12.1 Å². The summed E-state index contributed by atoms with van der Waals surface area (Å²) in [5.74, 6) is -0.111. The molecular weight excluding hydrogens is 242 g/mol. The lowest BCUT2D eigenvalue weighted by molar-refractivity contribution is -0.126. The van der Waals surface area contributed by atoms with Crippen LogP contribution in [0.15, 0.2) is 24.3 Å². The van der Waals surface area contributed by atoms with Crippen molar-refractivity contribution in [2.45, 2.75) is 18.9 Å². The number of likely N-dealkylation sites (N-methyl/N-ethyl adjacent to an activating group) is 1. The topological polar surface area (TPSA) is 61.4 Å². The highest BCUT2D eigenvalue weighted by Crippen LogP contribution is 2.21. The first kappa shape index (κ1) is 13.4. The van der Waals surface area contributed by atoms with Gasteiger partial charge >= 0.3 is 0 Å². The molecule has 2 amide bonds. The Kier molecular flexibility index (Phi) is 4.04. The summed E-state index contributed by atoms with van der Waals surface area (Å²) < 4.78 is 0. The number of nitrogens with zero attached hydrogens (tertiary/aromatic N) is 1. The van der Waals surface area contributed by atoms with Crippen molar-refractivity contribution in [3.8, 4) is 0 Å². The molecule has 1 fully saturated rings. The standard InChI is InChI=1S/C14H19N3O2/c1-17(2)13(18)9-15-12-6-4-3-5-11(12)14(19)16-10-7-8-10/h3-6,10,15H,7-9H2,1-2H3,(H,16,19). The Balaban J connectivity index is 2.02. The fourth-order valence-corrected chi connectivity index (χ4v) is 1.66. The molecule has 0 heterocycles. The molecule has 0 spiro atoms. The van der Waals surface area contributed by atoms with Gasteiger partial charge in [-0.15, -0.1) is 0 Å². The molecular formula is C14H19N3O2. The largest absolute Gasteiger partial charge is 0.376 e. The maximum atomic E-state index is 12.0. The number of carbonyl (C=O) groups is 2. The van der Waals surface area contributed by atoms with Gasteiger partial charge in [0.15, 0.2) is 0 Å². The molecule has 5 heteroatoms. The van der Waals surface area contributed by atoms with Crippen molar-refractivity contribution < 1.29 is 9.59 Å². The number of carbonyl (C=O) groups excluding carboxylic acids is 2. The normalized spacial score (nSPS) is 13.8. The second-order valence-electron chi connectivity index (χ2n) is 4.94. The van der Waals surface area contributed by atoms with Crippen LogP contribution in [0.2, 0.25) is 0 Å². The third-order valence-corrected chi connectivity index (χ3v) is 3.01. The molecule has 1 aromatic carbocycles. The number of hydrogen-bond donors (Lipinski definition) is 2. The molecule has 0 aromatic heterocycles. The molecule has 19 heavy (non-hydrogen) atoms. The lowest BCUT2D eigenvalue weighted by Gasteiger charge is -2.14. The monoisotopic (exact) mass is 261 g/mol. The zero-order valence-electron chi connectivity index (χ0n) is 11.3. The summed E-state index contributed by atoms with van der Waals surface area (Å²) in [4.78, 5) is 25.1. The highest BCUT2D eigenvalue weighted by Gasteiger charge is 2.24. The van der Waals surface area contributed by atoms with E-state index in [2.05, 4.69) is 10.6 Å². The molecule has 0 saturated heterocycles. The molecule has 0 unspecified atom stereocenters. The highest BCUT2D eigenvalue weighted by atomic mass is 16.2. The Morgan fingerprint density at radius 1 is 1.26 bits per heavy atom. The van der Waals surface area contributed by atoms with Gasteiger partial charge in [0.1, 0.15) is 0 Å². The Bertz CT molecular complexity index is 481. The predicted octanol–water partition coefficient (Wildman–Crippen LogP) is 1.08. The van der Waals surface area contributed by atoms with E-state index in [1.807, 2.05) is 18.2 Å². The molecule has 1 aliphatic rings. The first-order valence-electron chi connectivity index (χ1n) is 6.42. The fraction of sp³-hybridized carbons (Fsp3) is 0.429. The van der Waals surface area contributed by atoms with Crippen molar-refractivity contribution in [1.29, 1.82) is 0 Å². The van der Waals surface area contributed by atoms with Gasteiger partial charge in [0.2, 0.25) is 5.91 Å². The van der Waals surface area contributed by atoms with Crippen molar-refractivity contribution in [2.24, 2.45) is 0 Å². The second kappa shape index (κ2) is 5.73. The van der Waals surface area contributed by atoms with Crippen molar-refractivity contribution in [2.75, 3.05) is 26.0 Å². The number of hydrogen-bond acceptors (Lipinski definition) is 3. The summed E-state index contributed by atoms with van der Waals surface area (Å²) >= 11 is 0. The SMILES string of the molecule is CN(C)C(=O)CNc1ccccc1C(=O)NC1CC1. The van der Waals surface area contributed by atoms with Crippen LogP contribution in [0.1, 0.15) is 23.2 Å². The van der Waals surface area contributed by atoms with Gasteiger partial charge in [-0.3, -0.25) is 9.59 Å². The number of rotatable bonds is 5. The summed E-state index contributed by atoms with van der Waals surface area (Å²) in [6.07, 6.45) is 2.11. The van der Waals surface area contributed by atoms with Crippen LogP contribution in [0.5, 0.6) is 0 Å². The van der Waals surface area contributed by atoms with Gasteiger partial charge in [0.25, 0.3) is 5.91 Å². The predicted molar refractivity (Wildman–Crippen MR) is 74.1 cm³/mol. The summed E-state index contributed by atoms with van der Waals surface area (Å²) in [5, 5.41) is 5.96. The van der Waals surface area contributed by atoms with E-state index in [1.54, 1.807) is 20.2 Å². The molecule has 0 atom stereocenters.